The first-order chi connectivity index (χ1) is 7.22. The molecule has 0 aliphatic heterocycles. The molecular weight excluding hydrogens is 208 g/mol. The lowest BCUT2D eigenvalue weighted by Gasteiger charge is -2.05. The highest BCUT2D eigenvalue weighted by Crippen LogP contribution is 2.09. The number of benzene rings is 1. The van der Waals surface area contributed by atoms with E-state index in [0.29, 0.717) is 11.3 Å². The molecule has 1 atom stereocenters. The summed E-state index contributed by atoms with van der Waals surface area (Å²) in [4.78, 5) is 0. The quantitative estimate of drug-likeness (QED) is 0.772. The Morgan fingerprint density at radius 2 is 2.33 bits per heavy atom. The molecule has 0 radical (unpaired) electrons. The molecule has 0 spiro atoms. The normalized spacial score (nSPS) is 11.7. The van der Waals surface area contributed by atoms with Gasteiger partial charge < -0.3 is 5.32 Å². The molecule has 0 amide bonds. The van der Waals surface area contributed by atoms with Crippen LogP contribution in [0.1, 0.15) is 12.0 Å². The van der Waals surface area contributed by atoms with Crippen molar-refractivity contribution in [3.05, 3.63) is 29.8 Å². The van der Waals surface area contributed by atoms with E-state index >= 15 is 0 Å². The Kier molecular flexibility index (Phi) is 4.85. The van der Waals surface area contributed by atoms with E-state index in [1.54, 1.807) is 12.3 Å². The molecule has 0 saturated carbocycles. The number of hydrogen-bond donors (Lipinski definition) is 1. The zero-order valence-electron chi connectivity index (χ0n) is 8.69. The fourth-order valence-electron chi connectivity index (χ4n) is 1.21. The fraction of sp³-hybridized carbons (Fsp3) is 0.364. The molecule has 0 aliphatic carbocycles. The summed E-state index contributed by atoms with van der Waals surface area (Å²) in [5.74, 6) is 0.713. The van der Waals surface area contributed by atoms with Crippen molar-refractivity contribution in [3.63, 3.8) is 0 Å². The minimum Gasteiger partial charge on any atom is -0.385 e. The summed E-state index contributed by atoms with van der Waals surface area (Å²) in [5, 5.41) is 11.9. The molecule has 1 aromatic rings. The monoisotopic (exact) mass is 222 g/mol. The molecule has 1 rings (SSSR count). The first kappa shape index (κ1) is 11.7. The van der Waals surface area contributed by atoms with Crippen LogP contribution in [0, 0.1) is 11.3 Å². The average molecular weight is 222 g/mol. The van der Waals surface area contributed by atoms with Crippen LogP contribution < -0.4 is 5.32 Å². The van der Waals surface area contributed by atoms with Gasteiger partial charge in [-0.2, -0.15) is 5.26 Å². The van der Waals surface area contributed by atoms with Crippen molar-refractivity contribution in [1.82, 2.24) is 0 Å². The second kappa shape index (κ2) is 6.20. The smallest absolute Gasteiger partial charge is 0.0992 e. The standard InChI is InChI=1S/C11H14N2OS/c1-15(14)7-3-6-13-11-5-2-4-10(8-11)9-12/h2,4-5,8,13H,3,6-7H2,1H3. The van der Waals surface area contributed by atoms with Crippen molar-refractivity contribution in [2.24, 2.45) is 0 Å². The second-order valence-corrected chi connectivity index (χ2v) is 4.80. The van der Waals surface area contributed by atoms with E-state index in [0.717, 1.165) is 18.7 Å². The molecule has 0 bridgehead atoms. The first-order valence-electron chi connectivity index (χ1n) is 4.76. The molecule has 4 heteroatoms. The van der Waals surface area contributed by atoms with Gasteiger partial charge in [-0.1, -0.05) is 6.07 Å². The van der Waals surface area contributed by atoms with Crippen molar-refractivity contribution in [2.75, 3.05) is 23.9 Å². The van der Waals surface area contributed by atoms with E-state index in [4.69, 9.17) is 5.26 Å². The molecule has 0 fully saturated rings. The average Bonchev–Trinajstić information content (AvgIpc) is 2.24. The second-order valence-electron chi connectivity index (χ2n) is 3.25. The van der Waals surface area contributed by atoms with Crippen molar-refractivity contribution in [2.45, 2.75) is 6.42 Å². The molecule has 0 aromatic heterocycles. The van der Waals surface area contributed by atoms with Gasteiger partial charge in [0.1, 0.15) is 0 Å². The lowest BCUT2D eigenvalue weighted by molar-refractivity contribution is 0.685. The third kappa shape index (κ3) is 4.61. The Labute approximate surface area is 92.6 Å². The lowest BCUT2D eigenvalue weighted by atomic mass is 10.2. The van der Waals surface area contributed by atoms with Crippen molar-refractivity contribution >= 4 is 16.5 Å². The topological polar surface area (TPSA) is 52.9 Å². The van der Waals surface area contributed by atoms with Gasteiger partial charge in [-0.15, -0.1) is 0 Å². The van der Waals surface area contributed by atoms with Gasteiger partial charge in [0.05, 0.1) is 11.6 Å². The Balaban J connectivity index is 2.38. The Morgan fingerprint density at radius 3 is 3.00 bits per heavy atom. The zero-order valence-corrected chi connectivity index (χ0v) is 9.51. The predicted octanol–water partition coefficient (Wildman–Crippen LogP) is 1.74. The van der Waals surface area contributed by atoms with Crippen LogP contribution >= 0.6 is 0 Å². The number of anilines is 1. The van der Waals surface area contributed by atoms with Gasteiger partial charge >= 0.3 is 0 Å². The van der Waals surface area contributed by atoms with E-state index in [2.05, 4.69) is 11.4 Å². The van der Waals surface area contributed by atoms with E-state index < -0.39 is 10.8 Å². The minimum atomic E-state index is -0.722. The molecular formula is C11H14N2OS. The number of nitrogens with zero attached hydrogens (tertiary/aromatic N) is 1. The van der Waals surface area contributed by atoms with Crippen LogP contribution in [0.25, 0.3) is 0 Å². The molecule has 1 N–H and O–H groups in total. The summed E-state index contributed by atoms with van der Waals surface area (Å²) < 4.78 is 10.8. The fourth-order valence-corrected chi connectivity index (χ4v) is 1.76. The summed E-state index contributed by atoms with van der Waals surface area (Å²) in [5.41, 5.74) is 1.59. The lowest BCUT2D eigenvalue weighted by Crippen LogP contribution is -2.05. The Morgan fingerprint density at radius 1 is 1.53 bits per heavy atom. The van der Waals surface area contributed by atoms with Gasteiger partial charge in [-0.3, -0.25) is 4.21 Å². The zero-order chi connectivity index (χ0) is 11.1. The number of hydrogen-bond acceptors (Lipinski definition) is 3. The maximum absolute atomic E-state index is 10.8. The SMILES string of the molecule is CS(=O)CCCNc1cccc(C#N)c1. The van der Waals surface area contributed by atoms with Gasteiger partial charge in [-0.25, -0.2) is 0 Å². The highest BCUT2D eigenvalue weighted by Gasteiger charge is 1.95. The number of rotatable bonds is 5. The molecule has 1 unspecified atom stereocenters. The van der Waals surface area contributed by atoms with Crippen LogP contribution in [-0.2, 0) is 10.8 Å². The molecule has 0 aliphatic rings. The van der Waals surface area contributed by atoms with Crippen molar-refractivity contribution in [3.8, 4) is 6.07 Å². The maximum Gasteiger partial charge on any atom is 0.0992 e. The minimum absolute atomic E-state index is 0.652. The summed E-state index contributed by atoms with van der Waals surface area (Å²) in [6.07, 6.45) is 2.58. The molecule has 3 nitrogen and oxygen atoms in total. The van der Waals surface area contributed by atoms with Gasteiger partial charge in [-0.05, 0) is 24.6 Å². The van der Waals surface area contributed by atoms with E-state index in [1.165, 1.54) is 0 Å². The van der Waals surface area contributed by atoms with Gasteiger partial charge in [0.25, 0.3) is 0 Å². The van der Waals surface area contributed by atoms with E-state index in [-0.39, 0.29) is 0 Å². The maximum atomic E-state index is 10.8. The number of nitrogens with one attached hydrogen (secondary N) is 1. The first-order valence-corrected chi connectivity index (χ1v) is 6.49. The Hall–Kier alpha value is -1.34. The summed E-state index contributed by atoms with van der Waals surface area (Å²) in [6.45, 7) is 0.786. The summed E-state index contributed by atoms with van der Waals surface area (Å²) >= 11 is 0. The third-order valence-corrected chi connectivity index (χ3v) is 2.79. The Bertz CT molecular complexity index is 384. The van der Waals surface area contributed by atoms with Crippen LogP contribution in [0.15, 0.2) is 24.3 Å². The van der Waals surface area contributed by atoms with Crippen LogP contribution in [0.2, 0.25) is 0 Å². The van der Waals surface area contributed by atoms with Crippen LogP contribution in [0.3, 0.4) is 0 Å². The summed E-state index contributed by atoms with van der Waals surface area (Å²) in [7, 11) is -0.722. The van der Waals surface area contributed by atoms with Crippen molar-refractivity contribution in [1.29, 1.82) is 5.26 Å². The molecule has 1 aromatic carbocycles. The van der Waals surface area contributed by atoms with Gasteiger partial charge in [0.2, 0.25) is 0 Å². The van der Waals surface area contributed by atoms with Crippen LogP contribution in [0.4, 0.5) is 5.69 Å². The highest BCUT2D eigenvalue weighted by atomic mass is 32.2. The highest BCUT2D eigenvalue weighted by molar-refractivity contribution is 7.84. The predicted molar refractivity (Wildman–Crippen MR) is 63.2 cm³/mol. The van der Waals surface area contributed by atoms with E-state index in [1.807, 2.05) is 18.2 Å². The molecule has 0 heterocycles. The molecule has 0 saturated heterocycles. The third-order valence-electron chi connectivity index (χ3n) is 1.93. The largest absolute Gasteiger partial charge is 0.385 e. The number of nitriles is 1. The van der Waals surface area contributed by atoms with Gasteiger partial charge in [0.15, 0.2) is 0 Å². The van der Waals surface area contributed by atoms with Gasteiger partial charge in [0, 0.05) is 35.0 Å². The summed E-state index contributed by atoms with van der Waals surface area (Å²) in [6, 6.07) is 9.43. The van der Waals surface area contributed by atoms with Crippen molar-refractivity contribution < 1.29 is 4.21 Å². The van der Waals surface area contributed by atoms with E-state index in [9.17, 15) is 4.21 Å². The van der Waals surface area contributed by atoms with Crippen LogP contribution in [-0.4, -0.2) is 22.8 Å². The molecule has 15 heavy (non-hydrogen) atoms. The van der Waals surface area contributed by atoms with Crippen LogP contribution in [0.5, 0.6) is 0 Å². The molecule has 80 valence electrons.